The molecule has 0 amide bonds. The second-order valence-corrected chi connectivity index (χ2v) is 6.25. The van der Waals surface area contributed by atoms with Gasteiger partial charge < -0.3 is 14.6 Å². The molecule has 0 fully saturated rings. The van der Waals surface area contributed by atoms with E-state index in [1.54, 1.807) is 12.1 Å². The summed E-state index contributed by atoms with van der Waals surface area (Å²) in [6.45, 7) is 2.46. The van der Waals surface area contributed by atoms with Gasteiger partial charge in [-0.3, -0.25) is 0 Å². The molecule has 0 aliphatic carbocycles. The van der Waals surface area contributed by atoms with Crippen molar-refractivity contribution in [1.29, 1.82) is 0 Å². The average Bonchev–Trinajstić information content (AvgIpc) is 2.72. The molecule has 0 heterocycles. The molecule has 0 bridgehead atoms. The monoisotopic (exact) mass is 374 g/mol. The summed E-state index contributed by atoms with van der Waals surface area (Å²) < 4.78 is 11.9. The highest BCUT2D eigenvalue weighted by molar-refractivity contribution is 5.93. The summed E-state index contributed by atoms with van der Waals surface area (Å²) in [6, 6.07) is 22.7. The lowest BCUT2D eigenvalue weighted by Crippen LogP contribution is -2.07. The van der Waals surface area contributed by atoms with Gasteiger partial charge in [0, 0.05) is 0 Å². The van der Waals surface area contributed by atoms with E-state index in [2.05, 4.69) is 0 Å². The number of ether oxygens (including phenoxy) is 2. The molecule has 0 radical (unpaired) electrons. The van der Waals surface area contributed by atoms with E-state index in [0.29, 0.717) is 12.4 Å². The number of aromatic carboxylic acids is 1. The molecule has 142 valence electrons. The third kappa shape index (κ3) is 5.01. The van der Waals surface area contributed by atoms with Gasteiger partial charge in [0.2, 0.25) is 0 Å². The maximum atomic E-state index is 11.9. The average molecular weight is 374 g/mol. The van der Waals surface area contributed by atoms with Crippen LogP contribution in [0.4, 0.5) is 0 Å². The van der Waals surface area contributed by atoms with Gasteiger partial charge in [-0.1, -0.05) is 72.8 Å². The lowest BCUT2D eigenvalue weighted by Gasteiger charge is -2.16. The third-order valence-electron chi connectivity index (χ3n) is 4.13. The molecule has 0 atom stereocenters. The van der Waals surface area contributed by atoms with Crippen LogP contribution in [0.2, 0.25) is 0 Å². The van der Waals surface area contributed by atoms with E-state index < -0.39 is 5.97 Å². The molecule has 28 heavy (non-hydrogen) atoms. The highest BCUT2D eigenvalue weighted by atomic mass is 16.5. The van der Waals surface area contributed by atoms with E-state index in [9.17, 15) is 9.90 Å². The molecule has 3 rings (SSSR count). The third-order valence-corrected chi connectivity index (χ3v) is 4.13. The fourth-order valence-electron chi connectivity index (χ4n) is 2.79. The molecule has 4 heteroatoms. The van der Waals surface area contributed by atoms with Crippen molar-refractivity contribution >= 4 is 12.0 Å². The minimum Gasteiger partial charge on any atom is -0.485 e. The highest BCUT2D eigenvalue weighted by Gasteiger charge is 2.19. The van der Waals surface area contributed by atoms with E-state index in [0.717, 1.165) is 16.7 Å². The van der Waals surface area contributed by atoms with Crippen molar-refractivity contribution in [3.05, 3.63) is 101 Å². The molecular formula is C24H22O4. The van der Waals surface area contributed by atoms with Gasteiger partial charge in [-0.05, 0) is 35.7 Å². The Hall–Kier alpha value is -3.53. The van der Waals surface area contributed by atoms with Crippen LogP contribution in [0, 0.1) is 0 Å². The molecule has 0 aliphatic heterocycles. The molecule has 0 unspecified atom stereocenters. The predicted molar refractivity (Wildman–Crippen MR) is 110 cm³/mol. The van der Waals surface area contributed by atoms with Crippen LogP contribution in [0.5, 0.6) is 11.5 Å². The number of allylic oxidation sites excluding steroid dienone is 1. The minimum atomic E-state index is -1.06. The topological polar surface area (TPSA) is 55.8 Å². The smallest absolute Gasteiger partial charge is 0.339 e. The molecular weight excluding hydrogens is 352 g/mol. The first-order valence-electron chi connectivity index (χ1n) is 9.05. The van der Waals surface area contributed by atoms with Crippen molar-refractivity contribution < 1.29 is 19.4 Å². The predicted octanol–water partition coefficient (Wildman–Crippen LogP) is 5.58. The molecule has 3 aromatic rings. The second-order valence-electron chi connectivity index (χ2n) is 6.25. The summed E-state index contributed by atoms with van der Waals surface area (Å²) in [6.07, 6.45) is 3.69. The van der Waals surface area contributed by atoms with Crippen molar-refractivity contribution in [2.24, 2.45) is 0 Å². The maximum absolute atomic E-state index is 11.9. The summed E-state index contributed by atoms with van der Waals surface area (Å²) in [4.78, 5) is 11.9. The normalized spacial score (nSPS) is 10.8. The van der Waals surface area contributed by atoms with Crippen molar-refractivity contribution in [3.63, 3.8) is 0 Å². The Labute approximate surface area is 164 Å². The SMILES string of the molecule is CC=Cc1cc(OCc2ccccc2)c(OCc2ccccc2)c(C(=O)O)c1. The van der Waals surface area contributed by atoms with Crippen LogP contribution in [0.25, 0.3) is 6.08 Å². The van der Waals surface area contributed by atoms with Crippen molar-refractivity contribution in [3.8, 4) is 11.5 Å². The first-order chi connectivity index (χ1) is 13.7. The summed E-state index contributed by atoms with van der Waals surface area (Å²) in [7, 11) is 0. The molecule has 0 aliphatic rings. The fourth-order valence-corrected chi connectivity index (χ4v) is 2.79. The number of benzene rings is 3. The van der Waals surface area contributed by atoms with Gasteiger partial charge in [0.25, 0.3) is 0 Å². The van der Waals surface area contributed by atoms with E-state index in [4.69, 9.17) is 9.47 Å². The first-order valence-corrected chi connectivity index (χ1v) is 9.05. The second kappa shape index (κ2) is 9.42. The number of rotatable bonds is 8. The Morgan fingerprint density at radius 3 is 2.00 bits per heavy atom. The van der Waals surface area contributed by atoms with Gasteiger partial charge in [-0.25, -0.2) is 4.79 Å². The molecule has 4 nitrogen and oxygen atoms in total. The van der Waals surface area contributed by atoms with Gasteiger partial charge >= 0.3 is 5.97 Å². The van der Waals surface area contributed by atoms with Crippen LogP contribution in [0.15, 0.2) is 78.9 Å². The standard InChI is InChI=1S/C24H22O4/c1-2-9-20-14-21(24(25)26)23(28-17-19-12-7-4-8-13-19)22(15-20)27-16-18-10-5-3-6-11-18/h2-15H,16-17H2,1H3,(H,25,26). The lowest BCUT2D eigenvalue weighted by molar-refractivity contribution is 0.0690. The van der Waals surface area contributed by atoms with Crippen molar-refractivity contribution in [2.45, 2.75) is 20.1 Å². The zero-order chi connectivity index (χ0) is 19.8. The van der Waals surface area contributed by atoms with E-state index in [-0.39, 0.29) is 17.9 Å². The van der Waals surface area contributed by atoms with Crippen LogP contribution in [-0.2, 0) is 13.2 Å². The summed E-state index contributed by atoms with van der Waals surface area (Å²) in [5.74, 6) is -0.410. The number of carboxylic acid groups (broad SMARTS) is 1. The molecule has 3 aromatic carbocycles. The summed E-state index contributed by atoms with van der Waals surface area (Å²) in [5.41, 5.74) is 2.76. The van der Waals surface area contributed by atoms with Crippen LogP contribution < -0.4 is 9.47 Å². The van der Waals surface area contributed by atoms with Crippen LogP contribution in [0.3, 0.4) is 0 Å². The number of carboxylic acids is 1. The molecule has 1 N–H and O–H groups in total. The molecule has 0 spiro atoms. The highest BCUT2D eigenvalue weighted by Crippen LogP contribution is 2.35. The van der Waals surface area contributed by atoms with Crippen LogP contribution in [0.1, 0.15) is 34.0 Å². The summed E-state index contributed by atoms with van der Waals surface area (Å²) >= 11 is 0. The first kappa shape index (κ1) is 19.2. The van der Waals surface area contributed by atoms with Gasteiger partial charge in [0.15, 0.2) is 11.5 Å². The van der Waals surface area contributed by atoms with Crippen molar-refractivity contribution in [2.75, 3.05) is 0 Å². The van der Waals surface area contributed by atoms with Crippen LogP contribution >= 0.6 is 0 Å². The number of carbonyl (C=O) groups is 1. The zero-order valence-corrected chi connectivity index (χ0v) is 15.7. The quantitative estimate of drug-likeness (QED) is 0.559. The van der Waals surface area contributed by atoms with Gasteiger partial charge in [-0.15, -0.1) is 0 Å². The Balaban J connectivity index is 1.93. The Morgan fingerprint density at radius 1 is 0.893 bits per heavy atom. The van der Waals surface area contributed by atoms with Crippen molar-refractivity contribution in [1.82, 2.24) is 0 Å². The maximum Gasteiger partial charge on any atom is 0.339 e. The molecule has 0 saturated heterocycles. The van der Waals surface area contributed by atoms with Gasteiger partial charge in [0.1, 0.15) is 18.8 Å². The molecule has 0 aromatic heterocycles. The number of hydrogen-bond acceptors (Lipinski definition) is 3. The Morgan fingerprint density at radius 2 is 1.46 bits per heavy atom. The van der Waals surface area contributed by atoms with E-state index >= 15 is 0 Å². The van der Waals surface area contributed by atoms with E-state index in [1.165, 1.54) is 0 Å². The molecule has 0 saturated carbocycles. The van der Waals surface area contributed by atoms with E-state index in [1.807, 2.05) is 79.7 Å². The zero-order valence-electron chi connectivity index (χ0n) is 15.7. The van der Waals surface area contributed by atoms with Gasteiger partial charge in [0.05, 0.1) is 0 Å². The fraction of sp³-hybridized carbons (Fsp3) is 0.125. The number of hydrogen-bond donors (Lipinski definition) is 1. The van der Waals surface area contributed by atoms with Gasteiger partial charge in [-0.2, -0.15) is 0 Å². The van der Waals surface area contributed by atoms with Crippen LogP contribution in [-0.4, -0.2) is 11.1 Å². The summed E-state index contributed by atoms with van der Waals surface area (Å²) in [5, 5.41) is 9.71. The largest absolute Gasteiger partial charge is 0.485 e. The Bertz CT molecular complexity index is 947. The Kier molecular flexibility index (Phi) is 6.47. The minimum absolute atomic E-state index is 0.0783. The lowest BCUT2D eigenvalue weighted by atomic mass is 10.1.